The molecule has 0 aliphatic carbocycles. The van der Waals surface area contributed by atoms with Crippen LogP contribution < -0.4 is 5.32 Å². The second-order valence-corrected chi connectivity index (χ2v) is 4.50. The van der Waals surface area contributed by atoms with Gasteiger partial charge < -0.3 is 10.4 Å². The monoisotopic (exact) mass is 247 g/mol. The molecule has 0 saturated heterocycles. The predicted molar refractivity (Wildman–Crippen MR) is 70.5 cm³/mol. The predicted octanol–water partition coefficient (Wildman–Crippen LogP) is 2.56. The number of nitrogens with one attached hydrogen (secondary N) is 1. The van der Waals surface area contributed by atoms with E-state index in [2.05, 4.69) is 5.32 Å². The summed E-state index contributed by atoms with van der Waals surface area (Å²) in [6.45, 7) is 5.05. The van der Waals surface area contributed by atoms with Crippen LogP contribution in [0, 0.1) is 0 Å². The van der Waals surface area contributed by atoms with Gasteiger partial charge in [0.15, 0.2) is 0 Å². The molecule has 0 radical (unpaired) electrons. The molecular formula is C14H17NO3. The maximum absolute atomic E-state index is 11.3. The van der Waals surface area contributed by atoms with Crippen LogP contribution in [0.3, 0.4) is 0 Å². The van der Waals surface area contributed by atoms with Gasteiger partial charge >= 0.3 is 5.97 Å². The van der Waals surface area contributed by atoms with Crippen molar-refractivity contribution in [1.29, 1.82) is 0 Å². The third-order valence-electron chi connectivity index (χ3n) is 2.73. The average Bonchev–Trinajstić information content (AvgIpc) is 2.29. The highest BCUT2D eigenvalue weighted by atomic mass is 16.4. The third kappa shape index (κ3) is 3.20. The molecule has 1 aromatic carbocycles. The normalized spacial score (nSPS) is 11.5. The molecule has 4 nitrogen and oxygen atoms in total. The number of hydrogen-bond donors (Lipinski definition) is 2. The van der Waals surface area contributed by atoms with Gasteiger partial charge in [-0.25, -0.2) is 0 Å². The van der Waals surface area contributed by atoms with E-state index in [9.17, 15) is 9.59 Å². The van der Waals surface area contributed by atoms with Crippen molar-refractivity contribution < 1.29 is 14.7 Å². The number of benzene rings is 1. The lowest BCUT2D eigenvalue weighted by atomic mass is 9.85. The van der Waals surface area contributed by atoms with Crippen LogP contribution in [0.5, 0.6) is 0 Å². The van der Waals surface area contributed by atoms with Crippen molar-refractivity contribution in [2.45, 2.75) is 26.2 Å². The van der Waals surface area contributed by atoms with Gasteiger partial charge in [0.2, 0.25) is 5.91 Å². The zero-order valence-corrected chi connectivity index (χ0v) is 10.7. The second kappa shape index (κ2) is 5.49. The molecule has 0 saturated carbocycles. The summed E-state index contributed by atoms with van der Waals surface area (Å²) < 4.78 is 0. The maximum atomic E-state index is 11.3. The molecule has 18 heavy (non-hydrogen) atoms. The van der Waals surface area contributed by atoms with Gasteiger partial charge in [-0.1, -0.05) is 18.2 Å². The molecule has 1 amide bonds. The Hall–Kier alpha value is -2.10. The Labute approximate surface area is 106 Å². The fourth-order valence-corrected chi connectivity index (χ4v) is 1.43. The number of rotatable bonds is 4. The van der Waals surface area contributed by atoms with Crippen molar-refractivity contribution >= 4 is 17.6 Å². The Morgan fingerprint density at radius 3 is 2.22 bits per heavy atom. The Bertz CT molecular complexity index is 472. The minimum Gasteiger partial charge on any atom is -0.481 e. The first-order chi connectivity index (χ1) is 8.37. The molecule has 0 bridgehead atoms. The molecule has 96 valence electrons. The quantitative estimate of drug-likeness (QED) is 0.803. The summed E-state index contributed by atoms with van der Waals surface area (Å²) in [7, 11) is 0. The smallest absolute Gasteiger partial charge is 0.313 e. The van der Waals surface area contributed by atoms with Crippen LogP contribution in [0.2, 0.25) is 0 Å². The van der Waals surface area contributed by atoms with E-state index in [1.54, 1.807) is 51.1 Å². The Kier molecular flexibility index (Phi) is 4.26. The number of anilines is 1. The molecule has 0 aliphatic heterocycles. The van der Waals surface area contributed by atoms with Crippen LogP contribution in [0.4, 0.5) is 5.69 Å². The number of carboxylic acids is 1. The van der Waals surface area contributed by atoms with Crippen molar-refractivity contribution in [2.75, 3.05) is 5.32 Å². The molecule has 0 aliphatic rings. The lowest BCUT2D eigenvalue weighted by molar-refractivity contribution is -0.142. The molecule has 0 atom stereocenters. The van der Waals surface area contributed by atoms with Gasteiger partial charge in [0.05, 0.1) is 5.41 Å². The van der Waals surface area contributed by atoms with E-state index in [1.165, 1.54) is 6.08 Å². The summed E-state index contributed by atoms with van der Waals surface area (Å²) in [5, 5.41) is 11.8. The van der Waals surface area contributed by atoms with Gasteiger partial charge in [-0.05, 0) is 44.5 Å². The molecule has 1 aromatic rings. The third-order valence-corrected chi connectivity index (χ3v) is 2.73. The van der Waals surface area contributed by atoms with E-state index in [1.807, 2.05) is 0 Å². The van der Waals surface area contributed by atoms with Gasteiger partial charge in [-0.3, -0.25) is 9.59 Å². The van der Waals surface area contributed by atoms with Crippen LogP contribution in [0.15, 0.2) is 36.4 Å². The highest BCUT2D eigenvalue weighted by Gasteiger charge is 2.29. The number of carbonyl (C=O) groups is 2. The summed E-state index contributed by atoms with van der Waals surface area (Å²) in [6.07, 6.45) is 3.08. The zero-order valence-electron chi connectivity index (χ0n) is 10.7. The van der Waals surface area contributed by atoms with Crippen molar-refractivity contribution in [1.82, 2.24) is 0 Å². The average molecular weight is 247 g/mol. The van der Waals surface area contributed by atoms with E-state index in [4.69, 9.17) is 5.11 Å². The number of aliphatic carboxylic acids is 1. The Balaban J connectivity index is 2.87. The van der Waals surface area contributed by atoms with E-state index in [0.717, 1.165) is 0 Å². The summed E-state index contributed by atoms with van der Waals surface area (Å²) in [5.74, 6) is -1.09. The summed E-state index contributed by atoms with van der Waals surface area (Å²) in [5.41, 5.74) is 0.397. The molecule has 4 heteroatoms. The number of allylic oxidation sites excluding steroid dienone is 1. The van der Waals surface area contributed by atoms with Crippen LogP contribution in [-0.2, 0) is 15.0 Å². The Morgan fingerprint density at radius 2 is 1.78 bits per heavy atom. The van der Waals surface area contributed by atoms with E-state index in [-0.39, 0.29) is 5.91 Å². The highest BCUT2D eigenvalue weighted by Crippen LogP contribution is 2.24. The Morgan fingerprint density at radius 1 is 1.22 bits per heavy atom. The van der Waals surface area contributed by atoms with Crippen LogP contribution >= 0.6 is 0 Å². The number of amides is 1. The highest BCUT2D eigenvalue weighted by molar-refractivity contribution is 5.99. The summed E-state index contributed by atoms with van der Waals surface area (Å²) in [6, 6.07) is 6.81. The number of hydrogen-bond acceptors (Lipinski definition) is 2. The van der Waals surface area contributed by atoms with Gasteiger partial charge in [0, 0.05) is 5.69 Å². The fourth-order valence-electron chi connectivity index (χ4n) is 1.43. The topological polar surface area (TPSA) is 66.4 Å². The minimum absolute atomic E-state index is 0.206. The first-order valence-corrected chi connectivity index (χ1v) is 5.65. The molecule has 0 aromatic heterocycles. The first-order valence-electron chi connectivity index (χ1n) is 5.65. The second-order valence-electron chi connectivity index (χ2n) is 4.50. The standard InChI is InChI=1S/C14H17NO3/c1-4-5-12(16)15-11-8-6-10(7-9-11)14(2,3)13(17)18/h4-9H,1-3H3,(H,15,16)(H,17,18)/b5-4+. The van der Waals surface area contributed by atoms with Crippen molar-refractivity contribution in [3.8, 4) is 0 Å². The van der Waals surface area contributed by atoms with Gasteiger partial charge in [0.25, 0.3) is 0 Å². The number of carbonyl (C=O) groups excluding carboxylic acids is 1. The molecule has 0 unspecified atom stereocenters. The first kappa shape index (κ1) is 14.0. The molecule has 0 fully saturated rings. The maximum Gasteiger partial charge on any atom is 0.313 e. The van der Waals surface area contributed by atoms with E-state index in [0.29, 0.717) is 11.3 Å². The van der Waals surface area contributed by atoms with Crippen LogP contribution in [0.1, 0.15) is 26.3 Å². The van der Waals surface area contributed by atoms with Crippen LogP contribution in [0.25, 0.3) is 0 Å². The van der Waals surface area contributed by atoms with Crippen molar-refractivity contribution in [3.05, 3.63) is 42.0 Å². The zero-order chi connectivity index (χ0) is 13.8. The van der Waals surface area contributed by atoms with Gasteiger partial charge in [-0.2, -0.15) is 0 Å². The minimum atomic E-state index is -0.939. The van der Waals surface area contributed by atoms with E-state index >= 15 is 0 Å². The van der Waals surface area contributed by atoms with Gasteiger partial charge in [0.1, 0.15) is 0 Å². The largest absolute Gasteiger partial charge is 0.481 e. The number of carboxylic acid groups (broad SMARTS) is 1. The molecule has 0 heterocycles. The van der Waals surface area contributed by atoms with Gasteiger partial charge in [-0.15, -0.1) is 0 Å². The van der Waals surface area contributed by atoms with Crippen molar-refractivity contribution in [3.63, 3.8) is 0 Å². The van der Waals surface area contributed by atoms with E-state index < -0.39 is 11.4 Å². The lowest BCUT2D eigenvalue weighted by Crippen LogP contribution is -2.28. The lowest BCUT2D eigenvalue weighted by Gasteiger charge is -2.19. The molecule has 1 rings (SSSR count). The SMILES string of the molecule is C/C=C/C(=O)Nc1ccc(C(C)(C)C(=O)O)cc1. The summed E-state index contributed by atoms with van der Waals surface area (Å²) in [4.78, 5) is 22.4. The summed E-state index contributed by atoms with van der Waals surface area (Å²) >= 11 is 0. The fraction of sp³-hybridized carbons (Fsp3) is 0.286. The van der Waals surface area contributed by atoms with Crippen molar-refractivity contribution in [2.24, 2.45) is 0 Å². The van der Waals surface area contributed by atoms with Crippen LogP contribution in [-0.4, -0.2) is 17.0 Å². The molecule has 0 spiro atoms. The molecular weight excluding hydrogens is 230 g/mol. The molecule has 2 N–H and O–H groups in total.